The molecule has 0 aromatic heterocycles. The van der Waals surface area contributed by atoms with Crippen LogP contribution in [-0.2, 0) is 33.8 Å². The van der Waals surface area contributed by atoms with Crippen LogP contribution in [0.5, 0.6) is 0 Å². The van der Waals surface area contributed by atoms with E-state index in [-0.39, 0.29) is 43.8 Å². The molecule has 12 heteroatoms. The molecule has 0 bridgehead atoms. The van der Waals surface area contributed by atoms with Crippen molar-refractivity contribution in [2.75, 3.05) is 53.1 Å². The van der Waals surface area contributed by atoms with E-state index in [1.807, 2.05) is 0 Å². The average Bonchev–Trinajstić information content (AvgIpc) is 2.82. The second kappa shape index (κ2) is 10.4. The van der Waals surface area contributed by atoms with Gasteiger partial charge >= 0.3 is 11.9 Å². The highest BCUT2D eigenvalue weighted by atomic mass is 32.2. The number of ether oxygens (including phenoxy) is 3. The first-order chi connectivity index (χ1) is 15.2. The largest absolute Gasteiger partial charge is 0.469 e. The smallest absolute Gasteiger partial charge is 0.338 e. The second-order valence-corrected chi connectivity index (χ2v) is 9.32. The van der Waals surface area contributed by atoms with Crippen molar-refractivity contribution in [2.45, 2.75) is 17.7 Å². The first kappa shape index (κ1) is 24.1. The monoisotopic (exact) mass is 472 g/mol. The zero-order valence-corrected chi connectivity index (χ0v) is 18.4. The predicted octanol–water partition coefficient (Wildman–Crippen LogP) is 0.415. The van der Waals surface area contributed by atoms with Crippen LogP contribution in [0.2, 0.25) is 0 Å². The summed E-state index contributed by atoms with van der Waals surface area (Å²) in [5.41, 5.74) is -0.185. The highest BCUT2D eigenvalue weighted by Gasteiger charge is 2.31. The Hall–Kier alpha value is -2.57. The van der Waals surface area contributed by atoms with Crippen molar-refractivity contribution in [1.29, 1.82) is 0 Å². The van der Waals surface area contributed by atoms with Gasteiger partial charge in [0.25, 0.3) is 5.91 Å². The molecule has 32 heavy (non-hydrogen) atoms. The van der Waals surface area contributed by atoms with Gasteiger partial charge in [-0.1, -0.05) is 0 Å². The highest BCUT2D eigenvalue weighted by Crippen LogP contribution is 2.22. The van der Waals surface area contributed by atoms with Crippen molar-refractivity contribution in [3.63, 3.8) is 0 Å². The van der Waals surface area contributed by atoms with E-state index in [0.717, 1.165) is 22.5 Å². The number of piperidine rings is 1. The van der Waals surface area contributed by atoms with Gasteiger partial charge < -0.3 is 19.1 Å². The summed E-state index contributed by atoms with van der Waals surface area (Å²) in [4.78, 5) is 37.1. The maximum absolute atomic E-state index is 14.3. The summed E-state index contributed by atoms with van der Waals surface area (Å²) in [7, 11) is -2.84. The second-order valence-electron chi connectivity index (χ2n) is 7.42. The lowest BCUT2D eigenvalue weighted by molar-refractivity contribution is -0.149. The minimum absolute atomic E-state index is 0.0810. The van der Waals surface area contributed by atoms with Crippen LogP contribution in [-0.4, -0.2) is 88.6 Å². The van der Waals surface area contributed by atoms with Crippen LogP contribution < -0.4 is 0 Å². The Morgan fingerprint density at radius 3 is 2.41 bits per heavy atom. The molecule has 1 amide bonds. The van der Waals surface area contributed by atoms with Crippen LogP contribution in [0.4, 0.5) is 4.39 Å². The van der Waals surface area contributed by atoms with Crippen LogP contribution in [0, 0.1) is 11.7 Å². The summed E-state index contributed by atoms with van der Waals surface area (Å²) in [5, 5.41) is 0. The molecule has 2 fully saturated rings. The van der Waals surface area contributed by atoms with Gasteiger partial charge in [0.15, 0.2) is 6.61 Å². The van der Waals surface area contributed by atoms with Crippen molar-refractivity contribution in [3.8, 4) is 0 Å². The Balaban J connectivity index is 1.60. The third-order valence-corrected chi connectivity index (χ3v) is 7.38. The summed E-state index contributed by atoms with van der Waals surface area (Å²) in [5.74, 6) is -2.95. The third-order valence-electron chi connectivity index (χ3n) is 5.46. The number of hydrogen-bond donors (Lipinski definition) is 0. The number of carbonyl (C=O) groups is 3. The fourth-order valence-electron chi connectivity index (χ4n) is 3.59. The summed E-state index contributed by atoms with van der Waals surface area (Å²) in [6.07, 6.45) is 0.903. The van der Waals surface area contributed by atoms with Gasteiger partial charge in [0.2, 0.25) is 10.0 Å². The zero-order valence-electron chi connectivity index (χ0n) is 17.6. The summed E-state index contributed by atoms with van der Waals surface area (Å²) in [6.45, 7) is 0.659. The van der Waals surface area contributed by atoms with E-state index in [9.17, 15) is 27.2 Å². The molecule has 0 unspecified atom stereocenters. The molecular formula is C20H25FN2O8S. The molecule has 2 heterocycles. The predicted molar refractivity (Wildman–Crippen MR) is 108 cm³/mol. The Kier molecular flexibility index (Phi) is 7.80. The van der Waals surface area contributed by atoms with E-state index in [1.165, 1.54) is 12.0 Å². The Bertz CT molecular complexity index is 970. The molecule has 0 N–H and O–H groups in total. The third kappa shape index (κ3) is 5.43. The lowest BCUT2D eigenvalue weighted by Crippen LogP contribution is -2.42. The van der Waals surface area contributed by atoms with Gasteiger partial charge in [0.1, 0.15) is 10.7 Å². The molecule has 1 aromatic carbocycles. The summed E-state index contributed by atoms with van der Waals surface area (Å²) >= 11 is 0. The maximum atomic E-state index is 14.3. The van der Waals surface area contributed by atoms with Crippen LogP contribution in [0.15, 0.2) is 23.1 Å². The molecular weight excluding hydrogens is 447 g/mol. The van der Waals surface area contributed by atoms with Crippen molar-refractivity contribution in [1.82, 2.24) is 9.21 Å². The minimum Gasteiger partial charge on any atom is -0.469 e. The number of benzene rings is 1. The first-order valence-electron chi connectivity index (χ1n) is 10.1. The lowest BCUT2D eigenvalue weighted by Gasteiger charge is -2.30. The van der Waals surface area contributed by atoms with Crippen LogP contribution >= 0.6 is 0 Å². The number of esters is 2. The Labute approximate surface area is 185 Å². The Morgan fingerprint density at radius 2 is 1.78 bits per heavy atom. The normalized spacial score (nSPS) is 18.2. The van der Waals surface area contributed by atoms with Gasteiger partial charge in [-0.2, -0.15) is 4.31 Å². The first-order valence-corrected chi connectivity index (χ1v) is 11.6. The van der Waals surface area contributed by atoms with Crippen molar-refractivity contribution < 1.29 is 41.4 Å². The van der Waals surface area contributed by atoms with Gasteiger partial charge in [0, 0.05) is 26.2 Å². The molecule has 0 spiro atoms. The van der Waals surface area contributed by atoms with Crippen molar-refractivity contribution in [2.24, 2.45) is 5.92 Å². The van der Waals surface area contributed by atoms with Crippen LogP contribution in [0.25, 0.3) is 0 Å². The van der Waals surface area contributed by atoms with E-state index < -0.39 is 39.2 Å². The molecule has 1 aromatic rings. The number of likely N-dealkylation sites (tertiary alicyclic amines) is 1. The molecule has 176 valence electrons. The van der Waals surface area contributed by atoms with E-state index in [0.29, 0.717) is 25.9 Å². The quantitative estimate of drug-likeness (QED) is 0.547. The van der Waals surface area contributed by atoms with Gasteiger partial charge in [0.05, 0.1) is 31.8 Å². The number of amides is 1. The number of methoxy groups -OCH3 is 1. The SMILES string of the molecule is COC(=O)C1CCN(C(=O)COC(=O)c2ccc(F)c(S(=O)(=O)N3CCOCC3)c2)CC1. The van der Waals surface area contributed by atoms with Crippen molar-refractivity contribution in [3.05, 3.63) is 29.6 Å². The van der Waals surface area contributed by atoms with Gasteiger partial charge in [-0.05, 0) is 31.0 Å². The topological polar surface area (TPSA) is 120 Å². The number of halogens is 1. The number of hydrogen-bond acceptors (Lipinski definition) is 8. The maximum Gasteiger partial charge on any atom is 0.338 e. The molecule has 3 rings (SSSR count). The fourth-order valence-corrected chi connectivity index (χ4v) is 5.09. The van der Waals surface area contributed by atoms with E-state index in [2.05, 4.69) is 0 Å². The lowest BCUT2D eigenvalue weighted by atomic mass is 9.97. The molecule has 0 atom stereocenters. The van der Waals surface area contributed by atoms with Crippen LogP contribution in [0.3, 0.4) is 0 Å². The molecule has 0 radical (unpaired) electrons. The Morgan fingerprint density at radius 1 is 1.12 bits per heavy atom. The van der Waals surface area contributed by atoms with E-state index in [4.69, 9.17) is 14.2 Å². The number of carbonyl (C=O) groups excluding carboxylic acids is 3. The number of sulfonamides is 1. The average molecular weight is 472 g/mol. The molecule has 0 aliphatic carbocycles. The standard InChI is InChI=1S/C20H25FN2O8S/c1-29-19(25)14-4-6-22(7-5-14)18(24)13-31-20(26)15-2-3-16(21)17(12-15)32(27,28)23-8-10-30-11-9-23/h2-3,12,14H,4-11,13H2,1H3. The number of nitrogens with zero attached hydrogens (tertiary/aromatic N) is 2. The van der Waals surface area contributed by atoms with E-state index in [1.54, 1.807) is 0 Å². The van der Waals surface area contributed by atoms with Crippen molar-refractivity contribution >= 4 is 27.9 Å². The van der Waals surface area contributed by atoms with E-state index >= 15 is 0 Å². The minimum atomic E-state index is -4.15. The highest BCUT2D eigenvalue weighted by molar-refractivity contribution is 7.89. The molecule has 0 saturated carbocycles. The van der Waals surface area contributed by atoms with Gasteiger partial charge in [-0.3, -0.25) is 9.59 Å². The zero-order chi connectivity index (χ0) is 23.3. The molecule has 2 saturated heterocycles. The number of rotatable bonds is 6. The molecule has 2 aliphatic heterocycles. The fraction of sp³-hybridized carbons (Fsp3) is 0.550. The van der Waals surface area contributed by atoms with Crippen LogP contribution in [0.1, 0.15) is 23.2 Å². The van der Waals surface area contributed by atoms with Gasteiger partial charge in [-0.15, -0.1) is 0 Å². The molecule has 2 aliphatic rings. The summed E-state index contributed by atoms with van der Waals surface area (Å²) in [6, 6.07) is 2.89. The summed E-state index contributed by atoms with van der Waals surface area (Å²) < 4.78 is 55.7. The molecule has 10 nitrogen and oxygen atoms in total. The number of morpholine rings is 1. The van der Waals surface area contributed by atoms with Gasteiger partial charge in [-0.25, -0.2) is 17.6 Å².